The van der Waals surface area contributed by atoms with E-state index in [2.05, 4.69) is 4.98 Å². The SMILES string of the molecule is COCC1(C(=O)N2CCN(C(=O)c3cccnc3)CC2)CC1. The van der Waals surface area contributed by atoms with Gasteiger partial charge in [-0.15, -0.1) is 0 Å². The van der Waals surface area contributed by atoms with Crippen LogP contribution in [0.15, 0.2) is 24.5 Å². The number of rotatable bonds is 4. The average Bonchev–Trinajstić information content (AvgIpc) is 3.36. The van der Waals surface area contributed by atoms with Crippen LogP contribution < -0.4 is 0 Å². The van der Waals surface area contributed by atoms with Crippen LogP contribution in [0.3, 0.4) is 0 Å². The van der Waals surface area contributed by atoms with Crippen LogP contribution in [0, 0.1) is 5.41 Å². The number of ether oxygens (including phenoxy) is 1. The smallest absolute Gasteiger partial charge is 0.255 e. The molecule has 6 heteroatoms. The lowest BCUT2D eigenvalue weighted by Gasteiger charge is -2.36. The second-order valence-electron chi connectivity index (χ2n) is 6.04. The summed E-state index contributed by atoms with van der Waals surface area (Å²) in [5.74, 6) is 0.168. The van der Waals surface area contributed by atoms with Gasteiger partial charge in [-0.2, -0.15) is 0 Å². The number of hydrogen-bond donors (Lipinski definition) is 0. The Bertz CT molecular complexity index is 549. The van der Waals surface area contributed by atoms with Crippen LogP contribution >= 0.6 is 0 Å². The first-order chi connectivity index (χ1) is 10.7. The van der Waals surface area contributed by atoms with Gasteiger partial charge < -0.3 is 14.5 Å². The summed E-state index contributed by atoms with van der Waals surface area (Å²) in [4.78, 5) is 32.5. The first kappa shape index (κ1) is 15.0. The van der Waals surface area contributed by atoms with Crippen LogP contribution in [0.25, 0.3) is 0 Å². The van der Waals surface area contributed by atoms with Crippen LogP contribution in [0.1, 0.15) is 23.2 Å². The maximum absolute atomic E-state index is 12.6. The fourth-order valence-electron chi connectivity index (χ4n) is 2.97. The summed E-state index contributed by atoms with van der Waals surface area (Å²) in [6.07, 6.45) is 5.05. The van der Waals surface area contributed by atoms with E-state index < -0.39 is 0 Å². The van der Waals surface area contributed by atoms with E-state index in [9.17, 15) is 9.59 Å². The summed E-state index contributed by atoms with van der Waals surface area (Å²) in [5, 5.41) is 0. The van der Waals surface area contributed by atoms with Gasteiger partial charge in [0.1, 0.15) is 0 Å². The van der Waals surface area contributed by atoms with Crippen molar-refractivity contribution in [3.05, 3.63) is 30.1 Å². The largest absolute Gasteiger partial charge is 0.384 e. The van der Waals surface area contributed by atoms with Crippen LogP contribution in [0.5, 0.6) is 0 Å². The molecule has 1 aromatic heterocycles. The molecule has 0 N–H and O–H groups in total. The maximum Gasteiger partial charge on any atom is 0.255 e. The van der Waals surface area contributed by atoms with Crippen LogP contribution in [-0.2, 0) is 9.53 Å². The molecule has 2 heterocycles. The molecule has 2 amide bonds. The maximum atomic E-state index is 12.6. The molecule has 22 heavy (non-hydrogen) atoms. The number of carbonyl (C=O) groups excluding carboxylic acids is 2. The van der Waals surface area contributed by atoms with E-state index in [0.29, 0.717) is 38.3 Å². The highest BCUT2D eigenvalue weighted by Gasteiger charge is 2.52. The molecule has 1 saturated carbocycles. The number of aromatic nitrogens is 1. The minimum Gasteiger partial charge on any atom is -0.384 e. The molecule has 1 aliphatic carbocycles. The topological polar surface area (TPSA) is 62.7 Å². The van der Waals surface area contributed by atoms with Gasteiger partial charge in [-0.25, -0.2) is 0 Å². The molecule has 6 nitrogen and oxygen atoms in total. The zero-order chi connectivity index (χ0) is 15.6. The third kappa shape index (κ3) is 2.83. The van der Waals surface area contributed by atoms with Gasteiger partial charge in [0.2, 0.25) is 5.91 Å². The van der Waals surface area contributed by atoms with E-state index in [1.807, 2.05) is 4.90 Å². The minimum absolute atomic E-state index is 0.0155. The number of nitrogens with zero attached hydrogens (tertiary/aromatic N) is 3. The number of pyridine rings is 1. The fraction of sp³-hybridized carbons (Fsp3) is 0.562. The van der Waals surface area contributed by atoms with Crippen molar-refractivity contribution in [3.63, 3.8) is 0 Å². The van der Waals surface area contributed by atoms with Crippen molar-refractivity contribution in [2.45, 2.75) is 12.8 Å². The van der Waals surface area contributed by atoms with Crippen LogP contribution in [-0.4, -0.2) is 66.5 Å². The lowest BCUT2D eigenvalue weighted by Crippen LogP contribution is -2.52. The van der Waals surface area contributed by atoms with Crippen LogP contribution in [0.2, 0.25) is 0 Å². The van der Waals surface area contributed by atoms with Gasteiger partial charge in [-0.3, -0.25) is 14.6 Å². The number of hydrogen-bond acceptors (Lipinski definition) is 4. The van der Waals surface area contributed by atoms with Gasteiger partial charge in [-0.05, 0) is 25.0 Å². The van der Waals surface area contributed by atoms with Gasteiger partial charge >= 0.3 is 0 Å². The number of methoxy groups -OCH3 is 1. The predicted molar refractivity (Wildman–Crippen MR) is 80.3 cm³/mol. The van der Waals surface area contributed by atoms with E-state index in [1.165, 1.54) is 0 Å². The molecule has 0 atom stereocenters. The molecule has 0 spiro atoms. The lowest BCUT2D eigenvalue weighted by atomic mass is 10.1. The fourth-order valence-corrected chi connectivity index (χ4v) is 2.97. The summed E-state index contributed by atoms with van der Waals surface area (Å²) < 4.78 is 5.18. The molecular weight excluding hydrogens is 282 g/mol. The number of amides is 2. The van der Waals surface area contributed by atoms with Gasteiger partial charge in [-0.1, -0.05) is 0 Å². The molecule has 118 valence electrons. The van der Waals surface area contributed by atoms with E-state index in [1.54, 1.807) is 36.5 Å². The molecule has 1 saturated heterocycles. The Balaban J connectivity index is 1.57. The molecule has 1 aliphatic heterocycles. The van der Waals surface area contributed by atoms with Gasteiger partial charge in [0.15, 0.2) is 0 Å². The molecule has 0 radical (unpaired) electrons. The van der Waals surface area contributed by atoms with Gasteiger partial charge in [0, 0.05) is 45.7 Å². The van der Waals surface area contributed by atoms with E-state index in [0.717, 1.165) is 12.8 Å². The number of carbonyl (C=O) groups is 2. The first-order valence-corrected chi connectivity index (χ1v) is 7.64. The Kier molecular flexibility index (Phi) is 4.11. The predicted octanol–water partition coefficient (Wildman–Crippen LogP) is 0.793. The Labute approximate surface area is 130 Å². The van der Waals surface area contributed by atoms with Gasteiger partial charge in [0.05, 0.1) is 17.6 Å². The second-order valence-corrected chi connectivity index (χ2v) is 6.04. The third-order valence-corrected chi connectivity index (χ3v) is 4.49. The molecular formula is C16H21N3O3. The van der Waals surface area contributed by atoms with Crippen LogP contribution in [0.4, 0.5) is 0 Å². The van der Waals surface area contributed by atoms with E-state index in [-0.39, 0.29) is 17.2 Å². The van der Waals surface area contributed by atoms with Crippen molar-refractivity contribution >= 4 is 11.8 Å². The van der Waals surface area contributed by atoms with Crippen molar-refractivity contribution < 1.29 is 14.3 Å². The zero-order valence-corrected chi connectivity index (χ0v) is 12.8. The Morgan fingerprint density at radius 1 is 1.23 bits per heavy atom. The Morgan fingerprint density at radius 2 is 1.91 bits per heavy atom. The van der Waals surface area contributed by atoms with Crippen molar-refractivity contribution in [2.75, 3.05) is 39.9 Å². The molecule has 2 aliphatic rings. The highest BCUT2D eigenvalue weighted by molar-refractivity contribution is 5.94. The van der Waals surface area contributed by atoms with Crippen molar-refractivity contribution in [2.24, 2.45) is 5.41 Å². The molecule has 2 fully saturated rings. The van der Waals surface area contributed by atoms with Crippen molar-refractivity contribution in [1.82, 2.24) is 14.8 Å². The summed E-state index contributed by atoms with van der Waals surface area (Å²) >= 11 is 0. The second kappa shape index (κ2) is 6.04. The van der Waals surface area contributed by atoms with Gasteiger partial charge in [0.25, 0.3) is 5.91 Å². The number of piperazine rings is 1. The molecule has 0 aromatic carbocycles. The monoisotopic (exact) mass is 303 g/mol. The molecule has 0 unspecified atom stereocenters. The minimum atomic E-state index is -0.287. The Morgan fingerprint density at radius 3 is 2.45 bits per heavy atom. The molecule has 0 bridgehead atoms. The normalized spacial score (nSPS) is 19.9. The zero-order valence-electron chi connectivity index (χ0n) is 12.8. The summed E-state index contributed by atoms with van der Waals surface area (Å²) in [7, 11) is 1.64. The first-order valence-electron chi connectivity index (χ1n) is 7.64. The van der Waals surface area contributed by atoms with Crippen molar-refractivity contribution in [3.8, 4) is 0 Å². The third-order valence-electron chi connectivity index (χ3n) is 4.49. The highest BCUT2D eigenvalue weighted by atomic mass is 16.5. The lowest BCUT2D eigenvalue weighted by molar-refractivity contribution is -0.140. The highest BCUT2D eigenvalue weighted by Crippen LogP contribution is 2.47. The summed E-state index contributed by atoms with van der Waals surface area (Å²) in [6.45, 7) is 2.83. The van der Waals surface area contributed by atoms with E-state index >= 15 is 0 Å². The van der Waals surface area contributed by atoms with E-state index in [4.69, 9.17) is 4.74 Å². The molecule has 3 rings (SSSR count). The standard InChI is InChI=1S/C16H21N3O3/c1-22-12-16(4-5-16)15(21)19-9-7-18(8-10-19)14(20)13-3-2-6-17-11-13/h2-3,6,11H,4-5,7-10,12H2,1H3. The Hall–Kier alpha value is -1.95. The quantitative estimate of drug-likeness (QED) is 0.825. The summed E-state index contributed by atoms with van der Waals surface area (Å²) in [5.41, 5.74) is 0.310. The molecule has 1 aromatic rings. The summed E-state index contributed by atoms with van der Waals surface area (Å²) in [6, 6.07) is 3.53. The van der Waals surface area contributed by atoms with Crippen molar-refractivity contribution in [1.29, 1.82) is 0 Å². The average molecular weight is 303 g/mol.